The first-order valence-electron chi connectivity index (χ1n) is 9.06. The first kappa shape index (κ1) is 22.6. The van der Waals surface area contributed by atoms with Crippen molar-refractivity contribution < 1.29 is 18.8 Å². The van der Waals surface area contributed by atoms with Crippen molar-refractivity contribution in [2.24, 2.45) is 5.10 Å². The van der Waals surface area contributed by atoms with Crippen molar-refractivity contribution >= 4 is 33.7 Å². The first-order valence-corrected chi connectivity index (χ1v) is 9.85. The predicted molar refractivity (Wildman–Crippen MR) is 118 cm³/mol. The molecule has 0 spiro atoms. The third-order valence-corrected chi connectivity index (χ3v) is 4.72. The van der Waals surface area contributed by atoms with E-state index in [-0.39, 0.29) is 23.4 Å². The number of carbonyl (C=O) groups is 1. The number of nitro groups is 1. The van der Waals surface area contributed by atoms with E-state index in [0.717, 1.165) is 16.1 Å². The summed E-state index contributed by atoms with van der Waals surface area (Å²) >= 11 is 3.35. The van der Waals surface area contributed by atoms with Crippen LogP contribution in [-0.4, -0.2) is 17.0 Å². The quantitative estimate of drug-likeness (QED) is 0.288. The lowest BCUT2D eigenvalue weighted by atomic mass is 10.1. The molecule has 0 fully saturated rings. The molecule has 160 valence electrons. The van der Waals surface area contributed by atoms with Gasteiger partial charge in [0.1, 0.15) is 18.2 Å². The Balaban J connectivity index is 1.69. The van der Waals surface area contributed by atoms with Crippen molar-refractivity contribution in [1.29, 1.82) is 5.26 Å². The molecule has 0 saturated heterocycles. The molecule has 0 heterocycles. The van der Waals surface area contributed by atoms with Crippen molar-refractivity contribution in [3.63, 3.8) is 0 Å². The molecule has 0 aliphatic heterocycles. The molecule has 0 atom stereocenters. The number of carbonyl (C=O) groups excluding carboxylic acids is 1. The molecule has 3 aromatic carbocycles. The van der Waals surface area contributed by atoms with Crippen LogP contribution in [0.15, 0.2) is 70.2 Å². The Bertz CT molecular complexity index is 1240. The molecule has 1 amide bonds. The number of nitro benzene ring substituents is 1. The largest absolute Gasteiger partial charge is 0.488 e. The number of hydrogen-bond acceptors (Lipinski definition) is 6. The molecule has 0 aliphatic rings. The maximum atomic E-state index is 14.0. The summed E-state index contributed by atoms with van der Waals surface area (Å²) in [6.45, 7) is 0.156. The zero-order valence-electron chi connectivity index (χ0n) is 16.3. The lowest BCUT2D eigenvalue weighted by molar-refractivity contribution is -0.384. The lowest BCUT2D eigenvalue weighted by Gasteiger charge is -2.10. The summed E-state index contributed by atoms with van der Waals surface area (Å²) in [5.41, 5.74) is 3.34. The van der Waals surface area contributed by atoms with Crippen molar-refractivity contribution in [2.75, 3.05) is 0 Å². The summed E-state index contributed by atoms with van der Waals surface area (Å²) in [5, 5.41) is 23.4. The number of non-ortho nitro benzene ring substituents is 1. The van der Waals surface area contributed by atoms with Crippen LogP contribution in [0.2, 0.25) is 0 Å². The standard InChI is InChI=1S/C22H14BrFN4O4/c23-17-4-8-21(32-13-14-1-5-18(6-2-14)28(30)31)16(10-17)12-26-27-22(29)19-7-3-15(11-25)9-20(19)24/h1-10,12H,13H2,(H,27,29)/b26-12-. The minimum Gasteiger partial charge on any atom is -0.488 e. The van der Waals surface area contributed by atoms with E-state index in [0.29, 0.717) is 11.3 Å². The third-order valence-electron chi connectivity index (χ3n) is 4.23. The molecule has 0 aliphatic carbocycles. The normalized spacial score (nSPS) is 10.5. The van der Waals surface area contributed by atoms with Gasteiger partial charge in [-0.05, 0) is 54.1 Å². The summed E-state index contributed by atoms with van der Waals surface area (Å²) < 4.78 is 20.5. The Morgan fingerprint density at radius 3 is 2.62 bits per heavy atom. The number of amides is 1. The number of nitriles is 1. The van der Waals surface area contributed by atoms with Crippen LogP contribution in [0.5, 0.6) is 5.75 Å². The molecule has 0 saturated carbocycles. The number of rotatable bonds is 7. The van der Waals surface area contributed by atoms with Gasteiger partial charge in [0.25, 0.3) is 11.6 Å². The fourth-order valence-electron chi connectivity index (χ4n) is 2.62. The second kappa shape index (κ2) is 10.3. The lowest BCUT2D eigenvalue weighted by Crippen LogP contribution is -2.19. The molecule has 8 nitrogen and oxygen atoms in total. The van der Waals surface area contributed by atoms with Crippen LogP contribution < -0.4 is 10.2 Å². The zero-order chi connectivity index (χ0) is 23.1. The van der Waals surface area contributed by atoms with E-state index in [2.05, 4.69) is 26.5 Å². The first-order chi connectivity index (χ1) is 15.4. The highest BCUT2D eigenvalue weighted by Crippen LogP contribution is 2.23. The van der Waals surface area contributed by atoms with Crippen LogP contribution in [-0.2, 0) is 6.61 Å². The fraction of sp³-hybridized carbons (Fsp3) is 0.0455. The number of benzene rings is 3. The molecule has 32 heavy (non-hydrogen) atoms. The average molecular weight is 497 g/mol. The number of hydrogen-bond donors (Lipinski definition) is 1. The highest BCUT2D eigenvalue weighted by molar-refractivity contribution is 9.10. The summed E-state index contributed by atoms with van der Waals surface area (Å²) in [7, 11) is 0. The minimum absolute atomic E-state index is 0.0142. The monoisotopic (exact) mass is 496 g/mol. The molecule has 0 aromatic heterocycles. The second-order valence-corrected chi connectivity index (χ2v) is 7.32. The molecule has 0 radical (unpaired) electrons. The van der Waals surface area contributed by atoms with Gasteiger partial charge in [-0.25, -0.2) is 9.82 Å². The number of nitrogens with zero attached hydrogens (tertiary/aromatic N) is 3. The topological polar surface area (TPSA) is 118 Å². The Hall–Kier alpha value is -4.10. The second-order valence-electron chi connectivity index (χ2n) is 6.40. The van der Waals surface area contributed by atoms with Crippen LogP contribution in [0.4, 0.5) is 10.1 Å². The van der Waals surface area contributed by atoms with Gasteiger partial charge in [-0.3, -0.25) is 14.9 Å². The van der Waals surface area contributed by atoms with Crippen LogP contribution in [0.25, 0.3) is 0 Å². The van der Waals surface area contributed by atoms with E-state index in [9.17, 15) is 19.3 Å². The van der Waals surface area contributed by atoms with Gasteiger partial charge in [-0.1, -0.05) is 15.9 Å². The van der Waals surface area contributed by atoms with Gasteiger partial charge >= 0.3 is 0 Å². The Kier molecular flexibility index (Phi) is 7.25. The number of hydrazone groups is 1. The van der Waals surface area contributed by atoms with E-state index < -0.39 is 16.6 Å². The molecule has 0 bridgehead atoms. The predicted octanol–water partition coefficient (Wildman–Crippen LogP) is 4.71. The third kappa shape index (κ3) is 5.74. The Morgan fingerprint density at radius 2 is 1.97 bits per heavy atom. The van der Waals surface area contributed by atoms with Crippen molar-refractivity contribution in [3.05, 3.63) is 103 Å². The van der Waals surface area contributed by atoms with Gasteiger partial charge in [0.2, 0.25) is 0 Å². The SMILES string of the molecule is N#Cc1ccc(C(=O)N/N=C\c2cc(Br)ccc2OCc2ccc([N+](=O)[O-])cc2)c(F)c1. The summed E-state index contributed by atoms with van der Waals surface area (Å²) in [5.74, 6) is -1.15. The average Bonchev–Trinajstić information content (AvgIpc) is 2.78. The van der Waals surface area contributed by atoms with Gasteiger partial charge in [-0.15, -0.1) is 0 Å². The van der Waals surface area contributed by atoms with E-state index in [1.165, 1.54) is 30.5 Å². The summed E-state index contributed by atoms with van der Waals surface area (Å²) in [4.78, 5) is 22.4. The summed E-state index contributed by atoms with van der Waals surface area (Å²) in [6.07, 6.45) is 1.34. The zero-order valence-corrected chi connectivity index (χ0v) is 17.9. The molecule has 10 heteroatoms. The smallest absolute Gasteiger partial charge is 0.274 e. The van der Waals surface area contributed by atoms with Crippen molar-refractivity contribution in [2.45, 2.75) is 6.61 Å². The van der Waals surface area contributed by atoms with E-state index >= 15 is 0 Å². The molecular weight excluding hydrogens is 483 g/mol. The molecular formula is C22H14BrFN4O4. The maximum Gasteiger partial charge on any atom is 0.274 e. The van der Waals surface area contributed by atoms with Crippen molar-refractivity contribution in [3.8, 4) is 11.8 Å². The molecule has 3 aromatic rings. The minimum atomic E-state index is -0.827. The number of ether oxygens (including phenoxy) is 1. The summed E-state index contributed by atoms with van der Waals surface area (Å²) in [6, 6.07) is 16.4. The van der Waals surface area contributed by atoms with Gasteiger partial charge in [-0.2, -0.15) is 10.4 Å². The van der Waals surface area contributed by atoms with E-state index in [1.54, 1.807) is 36.4 Å². The van der Waals surface area contributed by atoms with Crippen molar-refractivity contribution in [1.82, 2.24) is 5.43 Å². The van der Waals surface area contributed by atoms with Gasteiger partial charge in [0.05, 0.1) is 28.3 Å². The van der Waals surface area contributed by atoms with Crippen LogP contribution in [0, 0.1) is 27.3 Å². The fourth-order valence-corrected chi connectivity index (χ4v) is 2.99. The maximum absolute atomic E-state index is 14.0. The number of nitrogens with one attached hydrogen (secondary N) is 1. The molecule has 1 N–H and O–H groups in total. The van der Waals surface area contributed by atoms with Gasteiger partial charge in [0.15, 0.2) is 0 Å². The Labute approximate surface area is 190 Å². The van der Waals surface area contributed by atoms with Gasteiger partial charge in [0, 0.05) is 22.2 Å². The van der Waals surface area contributed by atoms with Crippen LogP contribution in [0.3, 0.4) is 0 Å². The van der Waals surface area contributed by atoms with Crippen LogP contribution >= 0.6 is 15.9 Å². The highest BCUT2D eigenvalue weighted by Gasteiger charge is 2.12. The molecule has 3 rings (SSSR count). The van der Waals surface area contributed by atoms with E-state index in [1.807, 2.05) is 0 Å². The van der Waals surface area contributed by atoms with Gasteiger partial charge < -0.3 is 4.74 Å². The molecule has 0 unspecified atom stereocenters. The highest BCUT2D eigenvalue weighted by atomic mass is 79.9. The van der Waals surface area contributed by atoms with Crippen LogP contribution in [0.1, 0.15) is 27.0 Å². The Morgan fingerprint density at radius 1 is 1.22 bits per heavy atom. The van der Waals surface area contributed by atoms with E-state index in [4.69, 9.17) is 10.00 Å². The number of halogens is 2.